The van der Waals surface area contributed by atoms with Gasteiger partial charge in [-0.3, -0.25) is 0 Å². The number of hydrogen-bond acceptors (Lipinski definition) is 4. The Balaban J connectivity index is 1.94. The summed E-state index contributed by atoms with van der Waals surface area (Å²) in [5, 5.41) is 10.4. The molecule has 0 spiro atoms. The molecule has 0 aliphatic heterocycles. The van der Waals surface area contributed by atoms with Crippen molar-refractivity contribution < 1.29 is 17.9 Å². The van der Waals surface area contributed by atoms with Crippen molar-refractivity contribution >= 4 is 21.7 Å². The van der Waals surface area contributed by atoms with Gasteiger partial charge in [0, 0.05) is 19.3 Å². The standard InChI is InChI=1S/C16H19N3O4S/c1-23-11-13-5-3-2-4-12(13)10-18-16(20)19-14-6-8-15(9-7-14)24(17,21)22/h2-9H,10-11H2,1H3,(H2,17,21,22)(H2,18,19,20). The lowest BCUT2D eigenvalue weighted by molar-refractivity contribution is 0.184. The van der Waals surface area contributed by atoms with Crippen LogP contribution in [0.15, 0.2) is 53.4 Å². The summed E-state index contributed by atoms with van der Waals surface area (Å²) in [4.78, 5) is 11.9. The van der Waals surface area contributed by atoms with Gasteiger partial charge in [-0.25, -0.2) is 18.4 Å². The van der Waals surface area contributed by atoms with Crippen molar-refractivity contribution in [1.29, 1.82) is 0 Å². The predicted molar refractivity (Wildman–Crippen MR) is 90.8 cm³/mol. The molecular weight excluding hydrogens is 330 g/mol. The van der Waals surface area contributed by atoms with E-state index in [4.69, 9.17) is 9.88 Å². The van der Waals surface area contributed by atoms with Crippen molar-refractivity contribution in [2.24, 2.45) is 5.14 Å². The van der Waals surface area contributed by atoms with E-state index in [0.717, 1.165) is 11.1 Å². The Bertz CT molecular complexity index is 804. The van der Waals surface area contributed by atoms with Crippen LogP contribution in [0.25, 0.3) is 0 Å². The van der Waals surface area contributed by atoms with Gasteiger partial charge in [0.05, 0.1) is 11.5 Å². The molecule has 0 saturated heterocycles. The maximum atomic E-state index is 11.9. The van der Waals surface area contributed by atoms with Gasteiger partial charge in [-0.15, -0.1) is 0 Å². The van der Waals surface area contributed by atoms with E-state index in [1.807, 2.05) is 24.3 Å². The summed E-state index contributed by atoms with van der Waals surface area (Å²) in [5.74, 6) is 0. The summed E-state index contributed by atoms with van der Waals surface area (Å²) in [6.07, 6.45) is 0. The third kappa shape index (κ3) is 5.05. The van der Waals surface area contributed by atoms with Crippen LogP contribution in [0, 0.1) is 0 Å². The third-order valence-electron chi connectivity index (χ3n) is 3.30. The Kier molecular flexibility index (Phi) is 5.91. The molecule has 0 saturated carbocycles. The molecule has 0 atom stereocenters. The van der Waals surface area contributed by atoms with Gasteiger partial charge in [0.1, 0.15) is 0 Å². The summed E-state index contributed by atoms with van der Waals surface area (Å²) in [6, 6.07) is 12.9. The minimum Gasteiger partial charge on any atom is -0.380 e. The average molecular weight is 349 g/mol. The molecule has 0 heterocycles. The topological polar surface area (TPSA) is 111 Å². The van der Waals surface area contributed by atoms with Gasteiger partial charge < -0.3 is 15.4 Å². The van der Waals surface area contributed by atoms with Crippen LogP contribution in [0.2, 0.25) is 0 Å². The summed E-state index contributed by atoms with van der Waals surface area (Å²) in [6.45, 7) is 0.815. The Morgan fingerprint density at radius 2 is 1.71 bits per heavy atom. The molecule has 0 aromatic heterocycles. The largest absolute Gasteiger partial charge is 0.380 e. The SMILES string of the molecule is COCc1ccccc1CNC(=O)Nc1ccc(S(N)(=O)=O)cc1. The van der Waals surface area contributed by atoms with Crippen LogP contribution in [-0.2, 0) is 27.9 Å². The number of urea groups is 1. The lowest BCUT2D eigenvalue weighted by atomic mass is 10.1. The second-order valence-corrected chi connectivity index (χ2v) is 6.64. The molecule has 2 amide bonds. The van der Waals surface area contributed by atoms with Crippen molar-refractivity contribution in [2.75, 3.05) is 12.4 Å². The monoisotopic (exact) mass is 349 g/mol. The third-order valence-corrected chi connectivity index (χ3v) is 4.23. The van der Waals surface area contributed by atoms with Gasteiger partial charge in [0.15, 0.2) is 0 Å². The number of rotatable bonds is 6. The normalized spacial score (nSPS) is 11.1. The highest BCUT2D eigenvalue weighted by molar-refractivity contribution is 7.89. The predicted octanol–water partition coefficient (Wildman–Crippen LogP) is 1.80. The minimum absolute atomic E-state index is 0.0121. The molecule has 0 bridgehead atoms. The molecular formula is C16H19N3O4S. The maximum absolute atomic E-state index is 11.9. The van der Waals surface area contributed by atoms with E-state index in [9.17, 15) is 13.2 Å². The van der Waals surface area contributed by atoms with Gasteiger partial charge in [-0.1, -0.05) is 24.3 Å². The van der Waals surface area contributed by atoms with E-state index in [1.54, 1.807) is 7.11 Å². The van der Waals surface area contributed by atoms with Crippen molar-refractivity contribution in [3.05, 3.63) is 59.7 Å². The number of benzene rings is 2. The molecule has 0 aliphatic rings. The molecule has 2 rings (SSSR count). The highest BCUT2D eigenvalue weighted by Gasteiger charge is 2.08. The summed E-state index contributed by atoms with van der Waals surface area (Å²) >= 11 is 0. The Hall–Kier alpha value is -2.42. The Morgan fingerprint density at radius 1 is 1.08 bits per heavy atom. The number of sulfonamides is 1. The molecule has 0 aliphatic carbocycles. The molecule has 4 N–H and O–H groups in total. The zero-order valence-electron chi connectivity index (χ0n) is 13.2. The van der Waals surface area contributed by atoms with Crippen LogP contribution < -0.4 is 15.8 Å². The fourth-order valence-corrected chi connectivity index (χ4v) is 2.62. The van der Waals surface area contributed by atoms with Crippen molar-refractivity contribution in [1.82, 2.24) is 5.32 Å². The summed E-state index contributed by atoms with van der Waals surface area (Å²) in [5.41, 5.74) is 2.42. The fraction of sp³-hybridized carbons (Fsp3) is 0.188. The lowest BCUT2D eigenvalue weighted by Gasteiger charge is -2.11. The van der Waals surface area contributed by atoms with E-state index in [0.29, 0.717) is 18.8 Å². The maximum Gasteiger partial charge on any atom is 0.319 e. The van der Waals surface area contributed by atoms with Crippen molar-refractivity contribution in [3.63, 3.8) is 0 Å². The molecule has 7 nitrogen and oxygen atoms in total. The van der Waals surface area contributed by atoms with Gasteiger partial charge in [0.25, 0.3) is 0 Å². The molecule has 8 heteroatoms. The number of nitrogens with two attached hydrogens (primary N) is 1. The Labute approximate surface area is 140 Å². The van der Waals surface area contributed by atoms with E-state index >= 15 is 0 Å². The van der Waals surface area contributed by atoms with Crippen LogP contribution in [0.1, 0.15) is 11.1 Å². The number of amides is 2. The van der Waals surface area contributed by atoms with Gasteiger partial charge >= 0.3 is 6.03 Å². The van der Waals surface area contributed by atoms with Crippen LogP contribution in [0.4, 0.5) is 10.5 Å². The lowest BCUT2D eigenvalue weighted by Crippen LogP contribution is -2.28. The number of carbonyl (C=O) groups is 1. The van der Waals surface area contributed by atoms with Gasteiger partial charge in [-0.2, -0.15) is 0 Å². The summed E-state index contributed by atoms with van der Waals surface area (Å²) < 4.78 is 27.5. The van der Waals surface area contributed by atoms with Crippen molar-refractivity contribution in [2.45, 2.75) is 18.0 Å². The van der Waals surface area contributed by atoms with E-state index < -0.39 is 16.1 Å². The second-order valence-electron chi connectivity index (χ2n) is 5.08. The van der Waals surface area contributed by atoms with Gasteiger partial charge in [-0.05, 0) is 35.4 Å². The summed E-state index contributed by atoms with van der Waals surface area (Å²) in [7, 11) is -2.13. The van der Waals surface area contributed by atoms with Crippen LogP contribution in [-0.4, -0.2) is 21.6 Å². The smallest absolute Gasteiger partial charge is 0.319 e. The van der Waals surface area contributed by atoms with Crippen LogP contribution >= 0.6 is 0 Å². The first-order chi connectivity index (χ1) is 11.4. The molecule has 0 radical (unpaired) electrons. The first-order valence-corrected chi connectivity index (χ1v) is 8.68. The molecule has 128 valence electrons. The number of carbonyl (C=O) groups excluding carboxylic acids is 1. The van der Waals surface area contributed by atoms with Crippen LogP contribution in [0.5, 0.6) is 0 Å². The molecule has 2 aromatic carbocycles. The minimum atomic E-state index is -3.74. The zero-order valence-corrected chi connectivity index (χ0v) is 14.0. The average Bonchev–Trinajstić information content (AvgIpc) is 2.54. The van der Waals surface area contributed by atoms with Crippen LogP contribution in [0.3, 0.4) is 0 Å². The first-order valence-electron chi connectivity index (χ1n) is 7.13. The number of primary sulfonamides is 1. The zero-order chi connectivity index (χ0) is 17.6. The molecule has 0 unspecified atom stereocenters. The van der Waals surface area contributed by atoms with E-state index in [-0.39, 0.29) is 4.90 Å². The fourth-order valence-electron chi connectivity index (χ4n) is 2.11. The second kappa shape index (κ2) is 7.91. The van der Waals surface area contributed by atoms with Gasteiger partial charge in [0.2, 0.25) is 10.0 Å². The van der Waals surface area contributed by atoms with E-state index in [2.05, 4.69) is 10.6 Å². The highest BCUT2D eigenvalue weighted by Crippen LogP contribution is 2.13. The van der Waals surface area contributed by atoms with Crippen molar-refractivity contribution in [3.8, 4) is 0 Å². The number of methoxy groups -OCH3 is 1. The Morgan fingerprint density at radius 3 is 2.29 bits per heavy atom. The number of hydrogen-bond donors (Lipinski definition) is 3. The molecule has 0 fully saturated rings. The quantitative estimate of drug-likeness (QED) is 0.738. The number of ether oxygens (including phenoxy) is 1. The number of nitrogens with one attached hydrogen (secondary N) is 2. The van der Waals surface area contributed by atoms with E-state index in [1.165, 1.54) is 24.3 Å². The number of anilines is 1. The molecule has 2 aromatic rings. The first kappa shape index (κ1) is 17.9. The molecule has 24 heavy (non-hydrogen) atoms. The highest BCUT2D eigenvalue weighted by atomic mass is 32.2.